The lowest BCUT2D eigenvalue weighted by Gasteiger charge is -2.09. The molecule has 0 radical (unpaired) electrons. The van der Waals surface area contributed by atoms with Crippen LogP contribution in [0.4, 0.5) is 17.6 Å². The molecule has 1 aromatic carbocycles. The van der Waals surface area contributed by atoms with Gasteiger partial charge in [-0.25, -0.2) is 9.37 Å². The highest BCUT2D eigenvalue weighted by Gasteiger charge is 2.34. The van der Waals surface area contributed by atoms with E-state index in [1.165, 1.54) is 6.07 Å². The Morgan fingerprint density at radius 1 is 1.15 bits per heavy atom. The monoisotopic (exact) mass is 283 g/mol. The molecule has 0 N–H and O–H groups in total. The van der Waals surface area contributed by atoms with Crippen LogP contribution < -0.4 is 0 Å². The highest BCUT2D eigenvalue weighted by Crippen LogP contribution is 2.31. The van der Waals surface area contributed by atoms with Crippen LogP contribution in [-0.2, 0) is 6.18 Å². The molecule has 2 nitrogen and oxygen atoms in total. The molecular weight excluding hydrogens is 274 g/mol. The third-order valence-corrected chi connectivity index (χ3v) is 2.66. The van der Waals surface area contributed by atoms with E-state index in [1.807, 2.05) is 0 Å². The predicted molar refractivity (Wildman–Crippen MR) is 63.8 cm³/mol. The Hall–Kier alpha value is -2.24. The van der Waals surface area contributed by atoms with Crippen molar-refractivity contribution in [2.24, 2.45) is 0 Å². The first-order valence-electron chi connectivity index (χ1n) is 5.64. The molecule has 0 aliphatic rings. The molecule has 2 rings (SSSR count). The maximum Gasteiger partial charge on any atom is 0.419 e. The first kappa shape index (κ1) is 14.2. The lowest BCUT2D eigenvalue weighted by molar-refractivity contribution is -0.140. The number of halogens is 4. The number of carbonyl (C=O) groups excluding carboxylic acids is 1. The van der Waals surface area contributed by atoms with Crippen LogP contribution in [0.3, 0.4) is 0 Å². The fourth-order valence-electron chi connectivity index (χ4n) is 1.70. The minimum Gasteiger partial charge on any atom is -0.287 e. The number of alkyl halides is 3. The Kier molecular flexibility index (Phi) is 3.57. The van der Waals surface area contributed by atoms with Gasteiger partial charge in [0, 0.05) is 11.3 Å². The van der Waals surface area contributed by atoms with Gasteiger partial charge >= 0.3 is 6.18 Å². The van der Waals surface area contributed by atoms with Crippen molar-refractivity contribution in [2.45, 2.75) is 13.1 Å². The van der Waals surface area contributed by atoms with Crippen molar-refractivity contribution in [3.05, 3.63) is 64.7 Å². The Balaban J connectivity index is 2.40. The Morgan fingerprint density at radius 3 is 2.40 bits per heavy atom. The molecule has 0 fully saturated rings. The number of benzene rings is 1. The molecule has 0 saturated heterocycles. The predicted octanol–water partition coefficient (Wildman–Crippen LogP) is 3.78. The zero-order chi connectivity index (χ0) is 14.9. The van der Waals surface area contributed by atoms with Crippen molar-refractivity contribution < 1.29 is 22.4 Å². The van der Waals surface area contributed by atoms with E-state index in [0.29, 0.717) is 17.8 Å². The molecule has 104 valence electrons. The molecule has 0 saturated carbocycles. The van der Waals surface area contributed by atoms with Gasteiger partial charge in [0.25, 0.3) is 0 Å². The van der Waals surface area contributed by atoms with Gasteiger partial charge in [0.1, 0.15) is 11.5 Å². The number of nitrogens with zero attached hydrogens (tertiary/aromatic N) is 1. The van der Waals surface area contributed by atoms with Crippen LogP contribution in [0.5, 0.6) is 0 Å². The van der Waals surface area contributed by atoms with Gasteiger partial charge < -0.3 is 0 Å². The fraction of sp³-hybridized carbons (Fsp3) is 0.143. The summed E-state index contributed by atoms with van der Waals surface area (Å²) in [5.74, 6) is -2.10. The molecule has 0 amide bonds. The maximum atomic E-state index is 13.4. The average molecular weight is 283 g/mol. The number of rotatable bonds is 2. The molecule has 6 heteroatoms. The quantitative estimate of drug-likeness (QED) is 0.620. The lowest BCUT2D eigenvalue weighted by atomic mass is 10.0. The van der Waals surface area contributed by atoms with Crippen molar-refractivity contribution >= 4 is 5.78 Å². The van der Waals surface area contributed by atoms with Crippen LogP contribution >= 0.6 is 0 Å². The topological polar surface area (TPSA) is 30.0 Å². The molecule has 0 unspecified atom stereocenters. The zero-order valence-corrected chi connectivity index (χ0v) is 10.3. The van der Waals surface area contributed by atoms with Gasteiger partial charge in [-0.2, -0.15) is 13.2 Å². The normalized spacial score (nSPS) is 11.4. The van der Waals surface area contributed by atoms with E-state index >= 15 is 0 Å². The molecule has 0 aliphatic heterocycles. The van der Waals surface area contributed by atoms with Crippen molar-refractivity contribution in [1.29, 1.82) is 0 Å². The first-order chi connectivity index (χ1) is 9.29. The van der Waals surface area contributed by atoms with E-state index in [1.54, 1.807) is 19.1 Å². The Morgan fingerprint density at radius 2 is 1.85 bits per heavy atom. The molecule has 0 aliphatic carbocycles. The SMILES string of the molecule is Cc1cccc(C(=O)c2ccc(C(F)(F)F)c(F)c2)n1. The number of carbonyl (C=O) groups is 1. The summed E-state index contributed by atoms with van der Waals surface area (Å²) in [7, 11) is 0. The summed E-state index contributed by atoms with van der Waals surface area (Å²) >= 11 is 0. The number of aryl methyl sites for hydroxylation is 1. The van der Waals surface area contributed by atoms with Crippen molar-refractivity contribution in [3.63, 3.8) is 0 Å². The van der Waals surface area contributed by atoms with E-state index in [2.05, 4.69) is 4.98 Å². The van der Waals surface area contributed by atoms with Crippen molar-refractivity contribution in [2.75, 3.05) is 0 Å². The summed E-state index contributed by atoms with van der Waals surface area (Å²) in [4.78, 5) is 16.0. The Bertz CT molecular complexity index is 664. The zero-order valence-electron chi connectivity index (χ0n) is 10.3. The minimum absolute atomic E-state index is 0.0594. The highest BCUT2D eigenvalue weighted by atomic mass is 19.4. The summed E-state index contributed by atoms with van der Waals surface area (Å²) in [5.41, 5.74) is -0.924. The standard InChI is InChI=1S/C14H9F4NO/c1-8-3-2-4-12(19-8)13(20)9-5-6-10(11(15)7-9)14(16,17)18/h2-7H,1H3. The van der Waals surface area contributed by atoms with Crippen LogP contribution in [0, 0.1) is 12.7 Å². The second-order valence-electron chi connectivity index (χ2n) is 4.19. The van der Waals surface area contributed by atoms with Gasteiger partial charge in [0.05, 0.1) is 5.56 Å². The smallest absolute Gasteiger partial charge is 0.287 e. The highest BCUT2D eigenvalue weighted by molar-refractivity contribution is 6.07. The van der Waals surface area contributed by atoms with Crippen LogP contribution in [0.25, 0.3) is 0 Å². The summed E-state index contributed by atoms with van der Waals surface area (Å²) in [6.45, 7) is 1.67. The van der Waals surface area contributed by atoms with E-state index in [-0.39, 0.29) is 11.3 Å². The van der Waals surface area contributed by atoms with E-state index < -0.39 is 23.3 Å². The van der Waals surface area contributed by atoms with E-state index in [0.717, 1.165) is 6.07 Å². The van der Waals surface area contributed by atoms with Gasteiger partial charge in [0.15, 0.2) is 0 Å². The van der Waals surface area contributed by atoms with Crippen LogP contribution in [0.2, 0.25) is 0 Å². The summed E-state index contributed by atoms with van der Waals surface area (Å²) in [6, 6.07) is 6.76. The van der Waals surface area contributed by atoms with Gasteiger partial charge in [-0.3, -0.25) is 4.79 Å². The van der Waals surface area contributed by atoms with Crippen molar-refractivity contribution in [3.8, 4) is 0 Å². The van der Waals surface area contributed by atoms with E-state index in [9.17, 15) is 22.4 Å². The average Bonchev–Trinajstić information content (AvgIpc) is 2.36. The molecule has 0 bridgehead atoms. The molecule has 1 aromatic heterocycles. The third-order valence-electron chi connectivity index (χ3n) is 2.66. The van der Waals surface area contributed by atoms with E-state index in [4.69, 9.17) is 0 Å². The number of aromatic nitrogens is 1. The molecule has 1 heterocycles. The minimum atomic E-state index is -4.78. The lowest BCUT2D eigenvalue weighted by Crippen LogP contribution is -2.11. The number of hydrogen-bond acceptors (Lipinski definition) is 2. The number of pyridine rings is 1. The molecule has 2 aromatic rings. The number of hydrogen-bond donors (Lipinski definition) is 0. The van der Waals surface area contributed by atoms with Crippen molar-refractivity contribution in [1.82, 2.24) is 4.98 Å². The molecule has 0 atom stereocenters. The first-order valence-corrected chi connectivity index (χ1v) is 5.64. The molecule has 20 heavy (non-hydrogen) atoms. The van der Waals surface area contributed by atoms with Crippen LogP contribution in [0.15, 0.2) is 36.4 Å². The second kappa shape index (κ2) is 5.03. The number of ketones is 1. The molecule has 0 spiro atoms. The third kappa shape index (κ3) is 2.84. The Labute approximate surface area is 112 Å². The second-order valence-corrected chi connectivity index (χ2v) is 4.19. The fourth-order valence-corrected chi connectivity index (χ4v) is 1.70. The molecular formula is C14H9F4NO. The van der Waals surface area contributed by atoms with Crippen LogP contribution in [-0.4, -0.2) is 10.8 Å². The van der Waals surface area contributed by atoms with Crippen LogP contribution in [0.1, 0.15) is 27.3 Å². The summed E-state index contributed by atoms with van der Waals surface area (Å²) < 4.78 is 50.7. The van der Waals surface area contributed by atoms with Gasteiger partial charge in [0.2, 0.25) is 5.78 Å². The summed E-state index contributed by atoms with van der Waals surface area (Å²) in [6.07, 6.45) is -4.78. The van der Waals surface area contributed by atoms with Gasteiger partial charge in [-0.15, -0.1) is 0 Å². The maximum absolute atomic E-state index is 13.4. The van der Waals surface area contributed by atoms with Gasteiger partial charge in [-0.1, -0.05) is 12.1 Å². The largest absolute Gasteiger partial charge is 0.419 e. The van der Waals surface area contributed by atoms with Gasteiger partial charge in [-0.05, 0) is 31.2 Å². The summed E-state index contributed by atoms with van der Waals surface area (Å²) in [5, 5.41) is 0.